The minimum Gasteiger partial charge on any atom is -0.393 e. The fraction of sp³-hybridized carbons (Fsp3) is 0.692. The van der Waals surface area contributed by atoms with Crippen molar-refractivity contribution in [2.45, 2.75) is 31.9 Å². The molecule has 1 aliphatic carbocycles. The summed E-state index contributed by atoms with van der Waals surface area (Å²) in [5.74, 6) is 0.452. The molecular formula is C13H20BrN3O3. The second-order valence-corrected chi connectivity index (χ2v) is 5.90. The molecule has 2 rings (SSSR count). The van der Waals surface area contributed by atoms with E-state index in [0.717, 1.165) is 25.8 Å². The molecule has 7 heteroatoms. The molecule has 0 spiro atoms. The number of aromatic nitrogens is 2. The summed E-state index contributed by atoms with van der Waals surface area (Å²) in [4.78, 5) is 12.1. The summed E-state index contributed by atoms with van der Waals surface area (Å²) in [7, 11) is 1.59. The molecule has 2 unspecified atom stereocenters. The van der Waals surface area contributed by atoms with Gasteiger partial charge in [-0.25, -0.2) is 4.68 Å². The van der Waals surface area contributed by atoms with Crippen LogP contribution < -0.4 is 10.9 Å². The molecule has 1 aliphatic rings. The van der Waals surface area contributed by atoms with Crippen molar-refractivity contribution in [3.8, 4) is 0 Å². The standard InChI is InChI=1S/C13H20BrN3O3/c1-20-5-4-17-13(19)12(14)11(8-16-17)15-7-9-2-3-10(18)6-9/h8-10,15,18H,2-7H2,1H3. The van der Waals surface area contributed by atoms with Gasteiger partial charge in [-0.15, -0.1) is 0 Å². The predicted octanol–water partition coefficient (Wildman–Crippen LogP) is 1.23. The van der Waals surface area contributed by atoms with Crippen LogP contribution >= 0.6 is 15.9 Å². The first-order valence-corrected chi connectivity index (χ1v) is 7.57. The van der Waals surface area contributed by atoms with E-state index in [0.29, 0.717) is 29.2 Å². The van der Waals surface area contributed by atoms with Gasteiger partial charge in [-0.05, 0) is 41.1 Å². The molecule has 1 heterocycles. The number of aliphatic hydroxyl groups excluding tert-OH is 1. The maximum absolute atomic E-state index is 12.1. The van der Waals surface area contributed by atoms with Crippen molar-refractivity contribution in [3.05, 3.63) is 21.0 Å². The van der Waals surface area contributed by atoms with Crippen LogP contribution in [0.3, 0.4) is 0 Å². The summed E-state index contributed by atoms with van der Waals surface area (Å²) in [6.07, 6.45) is 4.18. The van der Waals surface area contributed by atoms with Crippen LogP contribution in [0.5, 0.6) is 0 Å². The highest BCUT2D eigenvalue weighted by Gasteiger charge is 2.22. The Morgan fingerprint density at radius 2 is 2.40 bits per heavy atom. The van der Waals surface area contributed by atoms with Gasteiger partial charge in [-0.1, -0.05) is 0 Å². The Bertz CT molecular complexity index is 506. The topological polar surface area (TPSA) is 76.4 Å². The molecule has 0 radical (unpaired) electrons. The fourth-order valence-electron chi connectivity index (χ4n) is 2.41. The maximum Gasteiger partial charge on any atom is 0.283 e. The van der Waals surface area contributed by atoms with E-state index >= 15 is 0 Å². The van der Waals surface area contributed by atoms with Crippen molar-refractivity contribution in [2.24, 2.45) is 5.92 Å². The average molecular weight is 346 g/mol. The first-order valence-electron chi connectivity index (χ1n) is 6.78. The van der Waals surface area contributed by atoms with Gasteiger partial charge in [0.25, 0.3) is 5.56 Å². The molecule has 0 aliphatic heterocycles. The van der Waals surface area contributed by atoms with Crippen molar-refractivity contribution in [1.29, 1.82) is 0 Å². The molecular weight excluding hydrogens is 326 g/mol. The van der Waals surface area contributed by atoms with Crippen LogP contribution in [0, 0.1) is 5.92 Å². The van der Waals surface area contributed by atoms with E-state index in [-0.39, 0.29) is 11.7 Å². The van der Waals surface area contributed by atoms with Crippen LogP contribution in [0.15, 0.2) is 15.5 Å². The van der Waals surface area contributed by atoms with Crippen molar-refractivity contribution in [3.63, 3.8) is 0 Å². The smallest absolute Gasteiger partial charge is 0.283 e. The summed E-state index contributed by atoms with van der Waals surface area (Å²) >= 11 is 3.32. The SMILES string of the molecule is COCCn1ncc(NCC2CCC(O)C2)c(Br)c1=O. The largest absolute Gasteiger partial charge is 0.393 e. The third kappa shape index (κ3) is 3.80. The summed E-state index contributed by atoms with van der Waals surface area (Å²) in [6, 6.07) is 0. The number of nitrogens with zero attached hydrogens (tertiary/aromatic N) is 2. The Morgan fingerprint density at radius 3 is 3.05 bits per heavy atom. The Balaban J connectivity index is 1.98. The number of ether oxygens (including phenoxy) is 1. The lowest BCUT2D eigenvalue weighted by molar-refractivity contribution is 0.178. The third-order valence-electron chi connectivity index (χ3n) is 3.59. The lowest BCUT2D eigenvalue weighted by Crippen LogP contribution is -2.26. The summed E-state index contributed by atoms with van der Waals surface area (Å²) < 4.78 is 6.80. The highest BCUT2D eigenvalue weighted by molar-refractivity contribution is 9.10. The molecule has 1 aromatic heterocycles. The lowest BCUT2D eigenvalue weighted by atomic mass is 10.1. The highest BCUT2D eigenvalue weighted by Crippen LogP contribution is 2.26. The number of aliphatic hydroxyl groups is 1. The average Bonchev–Trinajstić information content (AvgIpc) is 2.85. The maximum atomic E-state index is 12.1. The number of halogens is 1. The quantitative estimate of drug-likeness (QED) is 0.810. The van der Waals surface area contributed by atoms with Gasteiger partial charge < -0.3 is 15.2 Å². The zero-order valence-electron chi connectivity index (χ0n) is 11.5. The van der Waals surface area contributed by atoms with Crippen molar-refractivity contribution < 1.29 is 9.84 Å². The van der Waals surface area contributed by atoms with Crippen LogP contribution in [0.4, 0.5) is 5.69 Å². The van der Waals surface area contributed by atoms with Crippen LogP contribution in [-0.4, -0.2) is 41.3 Å². The Morgan fingerprint density at radius 1 is 1.60 bits per heavy atom. The molecule has 20 heavy (non-hydrogen) atoms. The number of nitrogens with one attached hydrogen (secondary N) is 1. The molecule has 6 nitrogen and oxygen atoms in total. The molecule has 1 aromatic rings. The second-order valence-electron chi connectivity index (χ2n) is 5.11. The Hall–Kier alpha value is -0.920. The molecule has 2 N–H and O–H groups in total. The fourth-order valence-corrected chi connectivity index (χ4v) is 2.86. The van der Waals surface area contributed by atoms with E-state index in [9.17, 15) is 9.90 Å². The van der Waals surface area contributed by atoms with E-state index in [1.54, 1.807) is 13.3 Å². The monoisotopic (exact) mass is 345 g/mol. The summed E-state index contributed by atoms with van der Waals surface area (Å²) in [5, 5.41) is 16.9. The predicted molar refractivity (Wildman–Crippen MR) is 79.9 cm³/mol. The molecule has 112 valence electrons. The van der Waals surface area contributed by atoms with Crippen molar-refractivity contribution >= 4 is 21.6 Å². The minimum atomic E-state index is -0.176. The lowest BCUT2D eigenvalue weighted by Gasteiger charge is -2.13. The van der Waals surface area contributed by atoms with Gasteiger partial charge in [0, 0.05) is 13.7 Å². The third-order valence-corrected chi connectivity index (χ3v) is 4.35. The van der Waals surface area contributed by atoms with Gasteiger partial charge >= 0.3 is 0 Å². The van der Waals surface area contributed by atoms with Crippen LogP contribution in [-0.2, 0) is 11.3 Å². The van der Waals surface area contributed by atoms with Gasteiger partial charge in [-0.3, -0.25) is 4.79 Å². The minimum absolute atomic E-state index is 0.168. The molecule has 1 fully saturated rings. The first kappa shape index (κ1) is 15.5. The van der Waals surface area contributed by atoms with Crippen molar-refractivity contribution in [1.82, 2.24) is 9.78 Å². The summed E-state index contributed by atoms with van der Waals surface area (Å²) in [6.45, 7) is 1.63. The number of hydrogen-bond donors (Lipinski definition) is 2. The van der Waals surface area contributed by atoms with Gasteiger partial charge in [0.05, 0.1) is 31.1 Å². The Labute approximate surface area is 126 Å². The molecule has 0 aromatic carbocycles. The molecule has 0 bridgehead atoms. The van der Waals surface area contributed by atoms with Crippen LogP contribution in [0.25, 0.3) is 0 Å². The number of rotatable bonds is 6. The zero-order valence-corrected chi connectivity index (χ0v) is 13.1. The number of anilines is 1. The van der Waals surface area contributed by atoms with E-state index in [1.807, 2.05) is 0 Å². The van der Waals surface area contributed by atoms with Gasteiger partial charge in [-0.2, -0.15) is 5.10 Å². The second kappa shape index (κ2) is 7.19. The molecule has 0 saturated heterocycles. The molecule has 0 amide bonds. The first-order chi connectivity index (χ1) is 9.61. The zero-order chi connectivity index (χ0) is 14.5. The van der Waals surface area contributed by atoms with Crippen LogP contribution in [0.1, 0.15) is 19.3 Å². The van der Waals surface area contributed by atoms with Gasteiger partial charge in [0.1, 0.15) is 4.47 Å². The molecule has 2 atom stereocenters. The van der Waals surface area contributed by atoms with E-state index < -0.39 is 0 Å². The van der Waals surface area contributed by atoms with Gasteiger partial charge in [0.2, 0.25) is 0 Å². The number of methoxy groups -OCH3 is 1. The number of hydrogen-bond acceptors (Lipinski definition) is 5. The van der Waals surface area contributed by atoms with E-state index in [2.05, 4.69) is 26.3 Å². The van der Waals surface area contributed by atoms with Crippen LogP contribution in [0.2, 0.25) is 0 Å². The molecule has 1 saturated carbocycles. The summed E-state index contributed by atoms with van der Waals surface area (Å²) in [5.41, 5.74) is 0.531. The highest BCUT2D eigenvalue weighted by atomic mass is 79.9. The van der Waals surface area contributed by atoms with Crippen molar-refractivity contribution in [2.75, 3.05) is 25.6 Å². The Kier molecular flexibility index (Phi) is 5.56. The van der Waals surface area contributed by atoms with Gasteiger partial charge in [0.15, 0.2) is 0 Å². The van der Waals surface area contributed by atoms with E-state index in [1.165, 1.54) is 4.68 Å². The van der Waals surface area contributed by atoms with E-state index in [4.69, 9.17) is 4.74 Å². The normalized spacial score (nSPS) is 22.1.